The highest BCUT2D eigenvalue weighted by Crippen LogP contribution is 2.13. The smallest absolute Gasteiger partial charge is 0.326 e. The van der Waals surface area contributed by atoms with E-state index >= 15 is 0 Å². The van der Waals surface area contributed by atoms with Crippen LogP contribution in [-0.4, -0.2) is 64.7 Å². The second-order valence-electron chi connectivity index (χ2n) is 8.62. The number of aliphatic carboxylic acids is 1. The van der Waals surface area contributed by atoms with Crippen LogP contribution in [0.3, 0.4) is 0 Å². The van der Waals surface area contributed by atoms with Crippen molar-refractivity contribution in [2.24, 2.45) is 17.6 Å². The van der Waals surface area contributed by atoms with Crippen molar-refractivity contribution in [1.29, 1.82) is 0 Å². The normalized spacial score (nSPS) is 16.3. The molecule has 1 rings (SSSR count). The molecule has 0 fully saturated rings. The summed E-state index contributed by atoms with van der Waals surface area (Å²) in [6.07, 6.45) is 1.20. The molecular formula is C24H38N4O6. The van der Waals surface area contributed by atoms with Crippen molar-refractivity contribution < 1.29 is 29.4 Å². The van der Waals surface area contributed by atoms with Crippen LogP contribution in [0.1, 0.15) is 46.1 Å². The molecule has 0 aliphatic carbocycles. The van der Waals surface area contributed by atoms with Crippen molar-refractivity contribution in [1.82, 2.24) is 16.0 Å². The van der Waals surface area contributed by atoms with Crippen molar-refractivity contribution in [2.75, 3.05) is 6.61 Å². The first-order chi connectivity index (χ1) is 16.0. The van der Waals surface area contributed by atoms with E-state index in [0.29, 0.717) is 12.8 Å². The number of aliphatic hydroxyl groups excluding tert-OH is 1. The van der Waals surface area contributed by atoms with Gasteiger partial charge in [0, 0.05) is 6.42 Å². The minimum Gasteiger partial charge on any atom is -0.480 e. The fourth-order valence-electron chi connectivity index (χ4n) is 3.30. The third-order valence-corrected chi connectivity index (χ3v) is 6.02. The summed E-state index contributed by atoms with van der Waals surface area (Å²) in [5.41, 5.74) is 6.31. The minimum absolute atomic E-state index is 0.0910. The Morgan fingerprint density at radius 3 is 1.76 bits per heavy atom. The number of hydrogen-bond donors (Lipinski definition) is 6. The highest BCUT2D eigenvalue weighted by atomic mass is 16.4. The van der Waals surface area contributed by atoms with Gasteiger partial charge in [0.05, 0.1) is 6.61 Å². The van der Waals surface area contributed by atoms with Gasteiger partial charge in [0.2, 0.25) is 17.7 Å². The van der Waals surface area contributed by atoms with Crippen LogP contribution >= 0.6 is 0 Å². The molecule has 0 saturated carbocycles. The van der Waals surface area contributed by atoms with Crippen molar-refractivity contribution in [2.45, 2.75) is 71.1 Å². The molecule has 0 aliphatic rings. The second-order valence-corrected chi connectivity index (χ2v) is 8.62. The van der Waals surface area contributed by atoms with Crippen LogP contribution in [0.4, 0.5) is 0 Å². The Morgan fingerprint density at radius 1 is 0.853 bits per heavy atom. The zero-order valence-electron chi connectivity index (χ0n) is 20.3. The lowest BCUT2D eigenvalue weighted by molar-refractivity contribution is -0.142. The molecular weight excluding hydrogens is 440 g/mol. The highest BCUT2D eigenvalue weighted by Gasteiger charge is 2.34. The molecule has 34 heavy (non-hydrogen) atoms. The van der Waals surface area contributed by atoms with E-state index in [1.165, 1.54) is 0 Å². The van der Waals surface area contributed by atoms with Gasteiger partial charge in [-0.1, -0.05) is 70.9 Å². The first-order valence-electron chi connectivity index (χ1n) is 11.6. The first kappa shape index (κ1) is 29.1. The van der Waals surface area contributed by atoms with Crippen LogP contribution in [0.2, 0.25) is 0 Å². The molecule has 0 aliphatic heterocycles. The Bertz CT molecular complexity index is 819. The van der Waals surface area contributed by atoms with Gasteiger partial charge in [-0.25, -0.2) is 4.79 Å². The van der Waals surface area contributed by atoms with E-state index in [2.05, 4.69) is 16.0 Å². The number of hydrogen-bond acceptors (Lipinski definition) is 6. The standard InChI is InChI=1S/C24H38N4O6/c1-5-14(3)19(22(31)26-18(24(33)34)12-16-10-8-7-9-11-16)28-23(32)20(15(4)6-2)27-21(30)17(25)13-29/h7-11,14-15,17-20,29H,5-6,12-13,25H2,1-4H3,(H,26,31)(H,27,30)(H,28,32)(H,33,34). The van der Waals surface area contributed by atoms with Gasteiger partial charge >= 0.3 is 5.97 Å². The summed E-state index contributed by atoms with van der Waals surface area (Å²) in [7, 11) is 0. The van der Waals surface area contributed by atoms with Gasteiger partial charge in [-0.2, -0.15) is 0 Å². The average molecular weight is 479 g/mol. The average Bonchev–Trinajstić information content (AvgIpc) is 2.83. The Hall–Kier alpha value is -2.98. The predicted molar refractivity (Wildman–Crippen MR) is 128 cm³/mol. The molecule has 7 N–H and O–H groups in total. The molecule has 1 aromatic rings. The van der Waals surface area contributed by atoms with Crippen LogP contribution in [0.25, 0.3) is 0 Å². The van der Waals surface area contributed by atoms with Crippen LogP contribution in [0.15, 0.2) is 30.3 Å². The van der Waals surface area contributed by atoms with E-state index in [-0.39, 0.29) is 18.3 Å². The largest absolute Gasteiger partial charge is 0.480 e. The summed E-state index contributed by atoms with van der Waals surface area (Å²) in [5.74, 6) is -3.64. The molecule has 6 atom stereocenters. The number of carboxylic acid groups (broad SMARTS) is 1. The molecule has 0 spiro atoms. The minimum atomic E-state index is -1.19. The SMILES string of the molecule is CCC(C)C(NC(=O)C(N)CO)C(=O)NC(C(=O)NC(Cc1ccccc1)C(=O)O)C(C)CC. The van der Waals surface area contributed by atoms with Gasteiger partial charge in [-0.15, -0.1) is 0 Å². The van der Waals surface area contributed by atoms with E-state index in [4.69, 9.17) is 10.8 Å². The Morgan fingerprint density at radius 2 is 1.32 bits per heavy atom. The summed E-state index contributed by atoms with van der Waals surface area (Å²) in [4.78, 5) is 50.2. The quantitative estimate of drug-likeness (QED) is 0.221. The molecule has 3 amide bonds. The number of nitrogens with two attached hydrogens (primary N) is 1. The monoisotopic (exact) mass is 478 g/mol. The van der Waals surface area contributed by atoms with Crippen LogP contribution in [-0.2, 0) is 25.6 Å². The molecule has 0 heterocycles. The number of rotatable bonds is 14. The zero-order chi connectivity index (χ0) is 25.8. The highest BCUT2D eigenvalue weighted by molar-refractivity contribution is 5.94. The van der Waals surface area contributed by atoms with Crippen molar-refractivity contribution in [3.63, 3.8) is 0 Å². The summed E-state index contributed by atoms with van der Waals surface area (Å²) in [6, 6.07) is 4.58. The molecule has 10 nitrogen and oxygen atoms in total. The Balaban J connectivity index is 3.04. The van der Waals surface area contributed by atoms with Gasteiger partial charge in [-0.05, 0) is 17.4 Å². The third kappa shape index (κ3) is 8.75. The topological polar surface area (TPSA) is 171 Å². The van der Waals surface area contributed by atoms with Gasteiger partial charge in [-0.3, -0.25) is 14.4 Å². The molecule has 0 bridgehead atoms. The number of nitrogens with one attached hydrogen (secondary N) is 3. The fourth-order valence-corrected chi connectivity index (χ4v) is 3.30. The van der Waals surface area contributed by atoms with Gasteiger partial charge in [0.15, 0.2) is 0 Å². The molecule has 1 aromatic carbocycles. The third-order valence-electron chi connectivity index (χ3n) is 6.02. The number of amides is 3. The Kier molecular flexibility index (Phi) is 12.2. The second kappa shape index (κ2) is 14.3. The summed E-state index contributed by atoms with van der Waals surface area (Å²) < 4.78 is 0. The molecule has 0 saturated heterocycles. The molecule has 190 valence electrons. The fraction of sp³-hybridized carbons (Fsp3) is 0.583. The van der Waals surface area contributed by atoms with Gasteiger partial charge in [0.1, 0.15) is 24.2 Å². The van der Waals surface area contributed by atoms with Crippen molar-refractivity contribution >= 4 is 23.7 Å². The molecule has 0 aromatic heterocycles. The zero-order valence-corrected chi connectivity index (χ0v) is 20.3. The maximum atomic E-state index is 13.1. The van der Waals surface area contributed by atoms with Crippen LogP contribution < -0.4 is 21.7 Å². The molecule has 10 heteroatoms. The van der Waals surface area contributed by atoms with E-state index < -0.39 is 54.5 Å². The lowest BCUT2D eigenvalue weighted by Gasteiger charge is -2.30. The maximum Gasteiger partial charge on any atom is 0.326 e. The first-order valence-corrected chi connectivity index (χ1v) is 11.6. The van der Waals surface area contributed by atoms with Crippen LogP contribution in [0, 0.1) is 11.8 Å². The number of carboxylic acids is 1. The number of benzene rings is 1. The lowest BCUT2D eigenvalue weighted by Crippen LogP contribution is -2.60. The van der Waals surface area contributed by atoms with E-state index in [1.54, 1.807) is 38.1 Å². The summed E-state index contributed by atoms with van der Waals surface area (Å²) >= 11 is 0. The Labute approximate surface area is 200 Å². The maximum absolute atomic E-state index is 13.1. The summed E-state index contributed by atoms with van der Waals surface area (Å²) in [5, 5.41) is 26.5. The van der Waals surface area contributed by atoms with Gasteiger partial charge < -0.3 is 31.9 Å². The molecule has 0 radical (unpaired) electrons. The number of aliphatic hydroxyl groups is 1. The summed E-state index contributed by atoms with van der Waals surface area (Å²) in [6.45, 7) is 6.67. The predicted octanol–water partition coefficient (Wildman–Crippen LogP) is 0.180. The van der Waals surface area contributed by atoms with E-state index in [1.807, 2.05) is 19.9 Å². The van der Waals surface area contributed by atoms with E-state index in [9.17, 15) is 24.3 Å². The lowest BCUT2D eigenvalue weighted by atomic mass is 9.94. The number of carbonyl (C=O) groups is 4. The van der Waals surface area contributed by atoms with Crippen molar-refractivity contribution in [3.8, 4) is 0 Å². The van der Waals surface area contributed by atoms with Gasteiger partial charge in [0.25, 0.3) is 0 Å². The van der Waals surface area contributed by atoms with Crippen molar-refractivity contribution in [3.05, 3.63) is 35.9 Å². The molecule has 6 unspecified atom stereocenters. The number of carbonyl (C=O) groups excluding carboxylic acids is 3. The van der Waals surface area contributed by atoms with Crippen LogP contribution in [0.5, 0.6) is 0 Å². The van der Waals surface area contributed by atoms with E-state index in [0.717, 1.165) is 5.56 Å².